The molecule has 2 nitrogen and oxygen atoms in total. The topological polar surface area (TPSA) is 52.0 Å². The standard InChI is InChI=1S/C29H46N2/c1-5-9-13-24-18-22(19-25(28(24)30)14-10-6-2)17-23-20-26(15-11-7-3)29(31)27(21-23)16-12-8-4/h18-21H,5-17,30-31H2,1-4H3. The number of hydrogen-bond donors (Lipinski definition) is 2. The number of hydrogen-bond acceptors (Lipinski definition) is 2. The lowest BCUT2D eigenvalue weighted by molar-refractivity contribution is 0.779. The number of benzene rings is 2. The number of anilines is 2. The number of aryl methyl sites for hydroxylation is 4. The molecule has 0 radical (unpaired) electrons. The zero-order chi connectivity index (χ0) is 22.6. The summed E-state index contributed by atoms with van der Waals surface area (Å²) in [6, 6.07) is 9.48. The van der Waals surface area contributed by atoms with Crippen LogP contribution in [0.5, 0.6) is 0 Å². The zero-order valence-corrected chi connectivity index (χ0v) is 20.7. The largest absolute Gasteiger partial charge is 0.398 e. The highest BCUT2D eigenvalue weighted by molar-refractivity contribution is 5.59. The average molecular weight is 423 g/mol. The van der Waals surface area contributed by atoms with Crippen LogP contribution in [0.3, 0.4) is 0 Å². The van der Waals surface area contributed by atoms with Gasteiger partial charge in [-0.25, -0.2) is 0 Å². The second-order valence-electron chi connectivity index (χ2n) is 9.25. The van der Waals surface area contributed by atoms with E-state index in [1.54, 1.807) is 0 Å². The Labute approximate surface area is 191 Å². The first-order valence-electron chi connectivity index (χ1n) is 12.8. The molecule has 0 atom stereocenters. The predicted molar refractivity (Wildman–Crippen MR) is 139 cm³/mol. The van der Waals surface area contributed by atoms with Crippen molar-refractivity contribution in [2.45, 2.75) is 111 Å². The van der Waals surface area contributed by atoms with Gasteiger partial charge in [0.2, 0.25) is 0 Å². The van der Waals surface area contributed by atoms with Crippen molar-refractivity contribution >= 4 is 11.4 Å². The average Bonchev–Trinajstić information content (AvgIpc) is 2.77. The molecule has 0 unspecified atom stereocenters. The van der Waals surface area contributed by atoms with Gasteiger partial charge in [-0.05, 0) is 91.2 Å². The van der Waals surface area contributed by atoms with Crippen molar-refractivity contribution in [3.63, 3.8) is 0 Å². The van der Waals surface area contributed by atoms with Gasteiger partial charge in [0.15, 0.2) is 0 Å². The Bertz CT molecular complexity index is 681. The third-order valence-corrected chi connectivity index (χ3v) is 6.43. The Kier molecular flexibility index (Phi) is 11.0. The van der Waals surface area contributed by atoms with Crippen LogP contribution in [0.25, 0.3) is 0 Å². The zero-order valence-electron chi connectivity index (χ0n) is 20.7. The van der Waals surface area contributed by atoms with Crippen LogP contribution in [0.15, 0.2) is 24.3 Å². The number of rotatable bonds is 14. The highest BCUT2D eigenvalue weighted by Crippen LogP contribution is 2.28. The Morgan fingerprint density at radius 3 is 0.968 bits per heavy atom. The van der Waals surface area contributed by atoms with Crippen LogP contribution in [0.2, 0.25) is 0 Å². The molecule has 2 aromatic carbocycles. The van der Waals surface area contributed by atoms with Crippen molar-refractivity contribution in [1.82, 2.24) is 0 Å². The first kappa shape index (κ1) is 25.3. The first-order valence-corrected chi connectivity index (χ1v) is 12.8. The molecule has 4 N–H and O–H groups in total. The number of nitrogen functional groups attached to an aromatic ring is 2. The van der Waals surface area contributed by atoms with E-state index in [-0.39, 0.29) is 0 Å². The summed E-state index contributed by atoms with van der Waals surface area (Å²) >= 11 is 0. The smallest absolute Gasteiger partial charge is 0.0379 e. The third kappa shape index (κ3) is 7.59. The molecule has 2 aromatic rings. The van der Waals surface area contributed by atoms with E-state index in [1.165, 1.54) is 84.7 Å². The highest BCUT2D eigenvalue weighted by Gasteiger charge is 2.12. The van der Waals surface area contributed by atoms with E-state index in [4.69, 9.17) is 11.5 Å². The molecule has 0 spiro atoms. The normalized spacial score (nSPS) is 11.2. The van der Waals surface area contributed by atoms with Gasteiger partial charge in [-0.2, -0.15) is 0 Å². The van der Waals surface area contributed by atoms with Gasteiger partial charge >= 0.3 is 0 Å². The minimum atomic E-state index is 0.969. The molecule has 172 valence electrons. The maximum atomic E-state index is 6.59. The van der Waals surface area contributed by atoms with E-state index in [0.717, 1.165) is 43.5 Å². The molecule has 0 heterocycles. The van der Waals surface area contributed by atoms with E-state index in [9.17, 15) is 0 Å². The SMILES string of the molecule is CCCCc1cc(Cc2cc(CCCC)c(N)c(CCCC)c2)cc(CCCC)c1N. The van der Waals surface area contributed by atoms with Crippen LogP contribution in [0, 0.1) is 0 Å². The maximum absolute atomic E-state index is 6.59. The van der Waals surface area contributed by atoms with Gasteiger partial charge < -0.3 is 11.5 Å². The fourth-order valence-electron chi connectivity index (χ4n) is 4.44. The summed E-state index contributed by atoms with van der Waals surface area (Å²) in [5, 5.41) is 0. The lowest BCUT2D eigenvalue weighted by atomic mass is 9.90. The van der Waals surface area contributed by atoms with Crippen LogP contribution in [-0.2, 0) is 32.1 Å². The highest BCUT2D eigenvalue weighted by atomic mass is 14.6. The quantitative estimate of drug-likeness (QED) is 0.305. The Morgan fingerprint density at radius 2 is 0.742 bits per heavy atom. The summed E-state index contributed by atoms with van der Waals surface area (Å²) in [6.45, 7) is 9.01. The minimum absolute atomic E-state index is 0.969. The summed E-state index contributed by atoms with van der Waals surface area (Å²) < 4.78 is 0. The molecule has 0 fully saturated rings. The third-order valence-electron chi connectivity index (χ3n) is 6.43. The van der Waals surface area contributed by atoms with E-state index in [1.807, 2.05) is 0 Å². The molecule has 0 aliphatic carbocycles. The van der Waals surface area contributed by atoms with E-state index < -0.39 is 0 Å². The van der Waals surface area contributed by atoms with E-state index in [0.29, 0.717) is 0 Å². The molecule has 0 saturated heterocycles. The van der Waals surface area contributed by atoms with Gasteiger partial charge in [0.25, 0.3) is 0 Å². The van der Waals surface area contributed by atoms with Crippen molar-refractivity contribution in [2.24, 2.45) is 0 Å². The van der Waals surface area contributed by atoms with Crippen LogP contribution >= 0.6 is 0 Å². The van der Waals surface area contributed by atoms with E-state index in [2.05, 4.69) is 52.0 Å². The van der Waals surface area contributed by atoms with Crippen molar-refractivity contribution in [2.75, 3.05) is 11.5 Å². The Hall–Kier alpha value is -1.96. The Balaban J connectivity index is 2.39. The summed E-state index contributed by atoms with van der Waals surface area (Å²) in [4.78, 5) is 0. The van der Waals surface area contributed by atoms with Crippen molar-refractivity contribution in [1.29, 1.82) is 0 Å². The predicted octanol–water partition coefficient (Wildman–Crippen LogP) is 7.81. The fraction of sp³-hybridized carbons (Fsp3) is 0.586. The summed E-state index contributed by atoms with van der Waals surface area (Å²) in [6.07, 6.45) is 14.9. The number of nitrogens with two attached hydrogens (primary N) is 2. The van der Waals surface area contributed by atoms with Crippen LogP contribution < -0.4 is 11.5 Å². The molecule has 2 heteroatoms. The molecule has 2 rings (SSSR count). The summed E-state index contributed by atoms with van der Waals surface area (Å²) in [5.41, 5.74) is 23.4. The monoisotopic (exact) mass is 422 g/mol. The van der Waals surface area contributed by atoms with Gasteiger partial charge in [-0.15, -0.1) is 0 Å². The molecular formula is C29H46N2. The van der Waals surface area contributed by atoms with Gasteiger partial charge in [-0.1, -0.05) is 77.6 Å². The molecule has 31 heavy (non-hydrogen) atoms. The van der Waals surface area contributed by atoms with Gasteiger partial charge in [-0.3, -0.25) is 0 Å². The van der Waals surface area contributed by atoms with E-state index >= 15 is 0 Å². The lowest BCUT2D eigenvalue weighted by Gasteiger charge is -2.17. The molecule has 0 aliphatic heterocycles. The van der Waals surface area contributed by atoms with Gasteiger partial charge in [0, 0.05) is 11.4 Å². The summed E-state index contributed by atoms with van der Waals surface area (Å²) in [5.74, 6) is 0. The molecular weight excluding hydrogens is 376 g/mol. The van der Waals surface area contributed by atoms with Crippen molar-refractivity contribution < 1.29 is 0 Å². The van der Waals surface area contributed by atoms with Gasteiger partial charge in [0.1, 0.15) is 0 Å². The number of unbranched alkanes of at least 4 members (excludes halogenated alkanes) is 4. The lowest BCUT2D eigenvalue weighted by Crippen LogP contribution is -2.05. The first-order chi connectivity index (χ1) is 15.0. The van der Waals surface area contributed by atoms with Crippen molar-refractivity contribution in [3.8, 4) is 0 Å². The fourth-order valence-corrected chi connectivity index (χ4v) is 4.44. The second-order valence-corrected chi connectivity index (χ2v) is 9.25. The Morgan fingerprint density at radius 1 is 0.484 bits per heavy atom. The minimum Gasteiger partial charge on any atom is -0.398 e. The second kappa shape index (κ2) is 13.5. The van der Waals surface area contributed by atoms with Crippen LogP contribution in [-0.4, -0.2) is 0 Å². The molecule has 0 amide bonds. The summed E-state index contributed by atoms with van der Waals surface area (Å²) in [7, 11) is 0. The maximum Gasteiger partial charge on any atom is 0.0379 e. The molecule has 0 aromatic heterocycles. The molecule has 0 bridgehead atoms. The van der Waals surface area contributed by atoms with Crippen LogP contribution in [0.1, 0.15) is 112 Å². The van der Waals surface area contributed by atoms with Crippen molar-refractivity contribution in [3.05, 3.63) is 57.6 Å². The molecule has 0 aliphatic rings. The van der Waals surface area contributed by atoms with Crippen LogP contribution in [0.4, 0.5) is 11.4 Å². The molecule has 0 saturated carbocycles. The van der Waals surface area contributed by atoms with Gasteiger partial charge in [0.05, 0.1) is 0 Å².